The molecule has 3 amide bonds. The van der Waals surface area contributed by atoms with E-state index in [1.807, 2.05) is 0 Å². The Bertz CT molecular complexity index is 707. The number of nitrogens with one attached hydrogen (secondary N) is 3. The monoisotopic (exact) mass is 365 g/mol. The van der Waals surface area contributed by atoms with E-state index >= 15 is 0 Å². The van der Waals surface area contributed by atoms with Crippen molar-refractivity contribution in [3.05, 3.63) is 29.8 Å². The number of rotatable bonds is 2. The molecular formula is C16H19N3O7. The van der Waals surface area contributed by atoms with Crippen LogP contribution in [0.1, 0.15) is 16.8 Å². The second kappa shape index (κ2) is 8.81. The molecule has 0 fully saturated rings. The molecule has 10 heteroatoms. The van der Waals surface area contributed by atoms with Crippen LogP contribution in [0.4, 0.5) is 0 Å². The predicted octanol–water partition coefficient (Wildman–Crippen LogP) is -1.75. The number of aliphatic hydroxyl groups excluding tert-OH is 1. The maximum atomic E-state index is 12.4. The molecule has 2 rings (SSSR count). The van der Waals surface area contributed by atoms with Crippen LogP contribution < -0.4 is 20.7 Å². The van der Waals surface area contributed by atoms with E-state index in [4.69, 9.17) is 4.74 Å². The summed E-state index contributed by atoms with van der Waals surface area (Å²) < 4.78 is 5.46. The van der Waals surface area contributed by atoms with Gasteiger partial charge >= 0.3 is 5.97 Å². The first kappa shape index (κ1) is 19.2. The maximum Gasteiger partial charge on any atom is 0.326 e. The summed E-state index contributed by atoms with van der Waals surface area (Å²) in [5.41, 5.74) is 0.107. The number of carboxylic acid groups (broad SMARTS) is 1. The van der Waals surface area contributed by atoms with Crippen molar-refractivity contribution >= 4 is 23.7 Å². The van der Waals surface area contributed by atoms with Gasteiger partial charge < -0.3 is 30.9 Å². The van der Waals surface area contributed by atoms with E-state index in [0.717, 1.165) is 0 Å². The van der Waals surface area contributed by atoms with Crippen LogP contribution in [0.2, 0.25) is 0 Å². The van der Waals surface area contributed by atoms with Crippen molar-refractivity contribution < 1.29 is 34.1 Å². The fourth-order valence-electron chi connectivity index (χ4n) is 2.31. The Balaban J connectivity index is 2.29. The SMILES string of the molecule is O=C1C[C@@H](C(=O)O)NC(=O)c2ccccc2OCCNC(=O)[C@H](CO)N1. The summed E-state index contributed by atoms with van der Waals surface area (Å²) in [6.07, 6.45) is -0.603. The minimum Gasteiger partial charge on any atom is -0.491 e. The lowest BCUT2D eigenvalue weighted by Crippen LogP contribution is -2.52. The van der Waals surface area contributed by atoms with Gasteiger partial charge in [0, 0.05) is 0 Å². The minimum absolute atomic E-state index is 0.0322. The average Bonchev–Trinajstić information content (AvgIpc) is 2.62. The second-order valence-corrected chi connectivity index (χ2v) is 5.51. The molecule has 2 atom stereocenters. The Labute approximate surface area is 148 Å². The molecule has 0 aliphatic carbocycles. The second-order valence-electron chi connectivity index (χ2n) is 5.51. The molecule has 1 heterocycles. The van der Waals surface area contributed by atoms with Crippen molar-refractivity contribution in [3.63, 3.8) is 0 Å². The Kier molecular flexibility index (Phi) is 6.50. The van der Waals surface area contributed by atoms with Gasteiger partial charge in [0.2, 0.25) is 11.8 Å². The van der Waals surface area contributed by atoms with Gasteiger partial charge in [-0.3, -0.25) is 14.4 Å². The number of para-hydroxylation sites is 1. The number of amides is 3. The Morgan fingerprint density at radius 3 is 2.62 bits per heavy atom. The lowest BCUT2D eigenvalue weighted by atomic mass is 10.1. The highest BCUT2D eigenvalue weighted by Crippen LogP contribution is 2.18. The third-order valence-corrected chi connectivity index (χ3v) is 3.62. The summed E-state index contributed by atoms with van der Waals surface area (Å²) >= 11 is 0. The molecule has 0 saturated heterocycles. The number of aliphatic carboxylic acids is 1. The van der Waals surface area contributed by atoms with Crippen LogP contribution >= 0.6 is 0 Å². The van der Waals surface area contributed by atoms with Crippen LogP contribution in [0, 0.1) is 0 Å². The van der Waals surface area contributed by atoms with Crippen LogP contribution in [0.15, 0.2) is 24.3 Å². The van der Waals surface area contributed by atoms with E-state index in [2.05, 4.69) is 16.0 Å². The molecule has 0 aromatic heterocycles. The number of benzene rings is 1. The number of ether oxygens (including phenoxy) is 1. The third kappa shape index (κ3) is 4.93. The first-order valence-corrected chi connectivity index (χ1v) is 7.85. The van der Waals surface area contributed by atoms with Crippen LogP contribution in [0.3, 0.4) is 0 Å². The molecule has 1 aromatic rings. The van der Waals surface area contributed by atoms with Gasteiger partial charge in [0.1, 0.15) is 24.4 Å². The molecule has 0 bridgehead atoms. The van der Waals surface area contributed by atoms with Crippen molar-refractivity contribution in [3.8, 4) is 5.75 Å². The van der Waals surface area contributed by atoms with E-state index in [1.165, 1.54) is 12.1 Å². The quantitative estimate of drug-likeness (QED) is 0.416. The number of hydrogen-bond donors (Lipinski definition) is 5. The first-order valence-electron chi connectivity index (χ1n) is 7.85. The summed E-state index contributed by atoms with van der Waals surface area (Å²) in [6.45, 7) is -0.547. The highest BCUT2D eigenvalue weighted by Gasteiger charge is 2.28. The molecule has 1 aliphatic rings. The predicted molar refractivity (Wildman–Crippen MR) is 87.5 cm³/mol. The van der Waals surface area contributed by atoms with Crippen molar-refractivity contribution in [2.45, 2.75) is 18.5 Å². The summed E-state index contributed by atoms with van der Waals surface area (Å²) in [5.74, 6) is -3.34. The zero-order valence-electron chi connectivity index (χ0n) is 13.7. The zero-order chi connectivity index (χ0) is 19.1. The van der Waals surface area contributed by atoms with Crippen molar-refractivity contribution in [2.75, 3.05) is 19.8 Å². The van der Waals surface area contributed by atoms with Gasteiger partial charge in [0.25, 0.3) is 5.91 Å². The zero-order valence-corrected chi connectivity index (χ0v) is 13.7. The van der Waals surface area contributed by atoms with Crippen LogP contribution in [-0.2, 0) is 14.4 Å². The molecule has 1 aliphatic heterocycles. The van der Waals surface area contributed by atoms with E-state index in [0.29, 0.717) is 0 Å². The van der Waals surface area contributed by atoms with Gasteiger partial charge in [0.05, 0.1) is 25.1 Å². The Morgan fingerprint density at radius 2 is 1.92 bits per heavy atom. The average molecular weight is 365 g/mol. The van der Waals surface area contributed by atoms with Crippen LogP contribution in [0.5, 0.6) is 5.75 Å². The molecule has 5 N–H and O–H groups in total. The highest BCUT2D eigenvalue weighted by molar-refractivity contribution is 6.00. The van der Waals surface area contributed by atoms with Gasteiger partial charge in [-0.2, -0.15) is 0 Å². The number of carboxylic acids is 1. The molecule has 1 aromatic carbocycles. The smallest absolute Gasteiger partial charge is 0.326 e. The number of carbonyl (C=O) groups excluding carboxylic acids is 3. The van der Waals surface area contributed by atoms with Crippen molar-refractivity contribution in [1.82, 2.24) is 16.0 Å². The largest absolute Gasteiger partial charge is 0.491 e. The summed E-state index contributed by atoms with van der Waals surface area (Å²) in [4.78, 5) is 47.7. The molecule has 10 nitrogen and oxygen atoms in total. The third-order valence-electron chi connectivity index (χ3n) is 3.62. The molecule has 0 radical (unpaired) electrons. The molecule has 0 saturated carbocycles. The van der Waals surface area contributed by atoms with Crippen LogP contribution in [0.25, 0.3) is 0 Å². The standard InChI is InChI=1S/C16H19N3O7/c20-8-11-15(23)17-5-6-26-12-4-2-1-3-9(12)14(22)19-10(16(24)25)7-13(21)18-11/h1-4,10-11,20H,5-8H2,(H,17,23)(H,18,21)(H,19,22)(H,24,25)/t10-,11-/m0/s1. The number of aliphatic hydroxyl groups is 1. The normalized spacial score (nSPS) is 22.0. The van der Waals surface area contributed by atoms with E-state index in [9.17, 15) is 29.4 Å². The summed E-state index contributed by atoms with van der Waals surface area (Å²) in [7, 11) is 0. The molecule has 26 heavy (non-hydrogen) atoms. The summed E-state index contributed by atoms with van der Waals surface area (Å²) in [5, 5.41) is 25.5. The van der Waals surface area contributed by atoms with Crippen LogP contribution in [-0.4, -0.2) is 65.7 Å². The topological polar surface area (TPSA) is 154 Å². The fourth-order valence-corrected chi connectivity index (χ4v) is 2.31. The maximum absolute atomic E-state index is 12.4. The van der Waals surface area contributed by atoms with Crippen molar-refractivity contribution in [1.29, 1.82) is 0 Å². The number of fused-ring (bicyclic) bond motifs is 1. The van der Waals surface area contributed by atoms with Gasteiger partial charge in [-0.05, 0) is 12.1 Å². The van der Waals surface area contributed by atoms with Gasteiger partial charge in [-0.1, -0.05) is 12.1 Å². The lowest BCUT2D eigenvalue weighted by Gasteiger charge is -2.20. The molecule has 0 spiro atoms. The van der Waals surface area contributed by atoms with Gasteiger partial charge in [0.15, 0.2) is 0 Å². The molecule has 140 valence electrons. The Hall–Kier alpha value is -3.14. The molecule has 0 unspecified atom stereocenters. The van der Waals surface area contributed by atoms with Crippen molar-refractivity contribution in [2.24, 2.45) is 0 Å². The number of hydrogen-bond acceptors (Lipinski definition) is 6. The minimum atomic E-state index is -1.51. The van der Waals surface area contributed by atoms with E-state index in [1.54, 1.807) is 12.1 Å². The number of carbonyl (C=O) groups is 4. The highest BCUT2D eigenvalue weighted by atomic mass is 16.5. The van der Waals surface area contributed by atoms with Gasteiger partial charge in [-0.25, -0.2) is 4.79 Å². The lowest BCUT2D eigenvalue weighted by molar-refractivity contribution is -0.141. The fraction of sp³-hybridized carbons (Fsp3) is 0.375. The molecular weight excluding hydrogens is 346 g/mol. The summed E-state index contributed by atoms with van der Waals surface area (Å²) in [6, 6.07) is 3.46. The van der Waals surface area contributed by atoms with E-state index < -0.39 is 48.8 Å². The Morgan fingerprint density at radius 1 is 1.19 bits per heavy atom. The van der Waals surface area contributed by atoms with E-state index in [-0.39, 0.29) is 24.5 Å². The first-order chi connectivity index (χ1) is 12.4. The van der Waals surface area contributed by atoms with Gasteiger partial charge in [-0.15, -0.1) is 0 Å².